The van der Waals surface area contributed by atoms with Crippen molar-refractivity contribution in [3.63, 3.8) is 0 Å². The van der Waals surface area contributed by atoms with E-state index in [-0.39, 0.29) is 5.91 Å². The number of nitrogens with zero attached hydrogens (tertiary/aromatic N) is 1. The first kappa shape index (κ1) is 15.8. The van der Waals surface area contributed by atoms with E-state index in [1.54, 1.807) is 0 Å². The van der Waals surface area contributed by atoms with E-state index in [0.29, 0.717) is 18.5 Å². The van der Waals surface area contributed by atoms with Crippen molar-refractivity contribution in [3.8, 4) is 0 Å². The molecule has 1 unspecified atom stereocenters. The van der Waals surface area contributed by atoms with Crippen LogP contribution in [-0.4, -0.2) is 42.5 Å². The van der Waals surface area contributed by atoms with Gasteiger partial charge in [0.2, 0.25) is 5.91 Å². The van der Waals surface area contributed by atoms with Crippen molar-refractivity contribution in [2.45, 2.75) is 76.3 Å². The topological polar surface area (TPSA) is 58.4 Å². The monoisotopic (exact) mass is 281 g/mol. The van der Waals surface area contributed by atoms with Gasteiger partial charge in [0.05, 0.1) is 0 Å². The maximum absolute atomic E-state index is 12.1. The zero-order valence-corrected chi connectivity index (χ0v) is 12.8. The molecule has 0 aromatic heterocycles. The molecule has 1 saturated heterocycles. The molecule has 2 fully saturated rings. The summed E-state index contributed by atoms with van der Waals surface area (Å²) >= 11 is 0. The SMILES string of the molecule is NCCC1CCCCN1CCC(=O)NC1CCCCC1. The largest absolute Gasteiger partial charge is 0.353 e. The van der Waals surface area contributed by atoms with Crippen LogP contribution in [0.1, 0.15) is 64.2 Å². The number of likely N-dealkylation sites (tertiary alicyclic amines) is 1. The lowest BCUT2D eigenvalue weighted by atomic mass is 9.95. The molecule has 20 heavy (non-hydrogen) atoms. The Morgan fingerprint density at radius 3 is 2.60 bits per heavy atom. The Kier molecular flexibility index (Phi) is 6.80. The molecule has 3 N–H and O–H groups in total. The summed E-state index contributed by atoms with van der Waals surface area (Å²) in [5.74, 6) is 0.244. The van der Waals surface area contributed by atoms with Gasteiger partial charge in [-0.1, -0.05) is 25.7 Å². The molecule has 0 radical (unpaired) electrons. The van der Waals surface area contributed by atoms with Gasteiger partial charge < -0.3 is 11.1 Å². The minimum Gasteiger partial charge on any atom is -0.353 e. The summed E-state index contributed by atoms with van der Waals surface area (Å²) in [6.45, 7) is 2.81. The van der Waals surface area contributed by atoms with Crippen LogP contribution in [-0.2, 0) is 4.79 Å². The molecule has 4 nitrogen and oxygen atoms in total. The average Bonchev–Trinajstić information content (AvgIpc) is 2.48. The van der Waals surface area contributed by atoms with Gasteiger partial charge in [0.15, 0.2) is 0 Å². The van der Waals surface area contributed by atoms with Gasteiger partial charge >= 0.3 is 0 Å². The van der Waals surface area contributed by atoms with E-state index in [2.05, 4.69) is 10.2 Å². The molecular weight excluding hydrogens is 250 g/mol. The summed E-state index contributed by atoms with van der Waals surface area (Å²) in [4.78, 5) is 14.5. The van der Waals surface area contributed by atoms with E-state index in [4.69, 9.17) is 5.73 Å². The second-order valence-corrected chi connectivity index (χ2v) is 6.42. The van der Waals surface area contributed by atoms with Gasteiger partial charge in [0, 0.05) is 25.0 Å². The third-order valence-electron chi connectivity index (χ3n) is 4.85. The van der Waals surface area contributed by atoms with Crippen LogP contribution in [0.5, 0.6) is 0 Å². The average molecular weight is 281 g/mol. The van der Waals surface area contributed by atoms with Crippen LogP contribution in [0.25, 0.3) is 0 Å². The molecule has 0 aromatic rings. The fraction of sp³-hybridized carbons (Fsp3) is 0.938. The lowest BCUT2D eigenvalue weighted by Crippen LogP contribution is -2.43. The highest BCUT2D eigenvalue weighted by molar-refractivity contribution is 5.76. The number of amides is 1. The lowest BCUT2D eigenvalue weighted by Gasteiger charge is -2.35. The third kappa shape index (κ3) is 5.06. The van der Waals surface area contributed by atoms with Gasteiger partial charge in [0.1, 0.15) is 0 Å². The van der Waals surface area contributed by atoms with E-state index in [1.165, 1.54) is 51.4 Å². The van der Waals surface area contributed by atoms with Crippen LogP contribution in [0.4, 0.5) is 0 Å². The van der Waals surface area contributed by atoms with Crippen molar-refractivity contribution in [1.29, 1.82) is 0 Å². The maximum atomic E-state index is 12.1. The Morgan fingerprint density at radius 2 is 1.85 bits per heavy atom. The Hall–Kier alpha value is -0.610. The molecule has 1 amide bonds. The Balaban J connectivity index is 1.68. The Labute approximate surface area is 123 Å². The molecule has 1 saturated carbocycles. The number of piperidine rings is 1. The second kappa shape index (κ2) is 8.63. The van der Waals surface area contributed by atoms with Crippen molar-refractivity contribution in [1.82, 2.24) is 10.2 Å². The zero-order valence-electron chi connectivity index (χ0n) is 12.8. The summed E-state index contributed by atoms with van der Waals surface area (Å²) in [7, 11) is 0. The highest BCUT2D eigenvalue weighted by Gasteiger charge is 2.22. The van der Waals surface area contributed by atoms with Gasteiger partial charge in [-0.2, -0.15) is 0 Å². The van der Waals surface area contributed by atoms with E-state index in [1.807, 2.05) is 0 Å². The number of carbonyl (C=O) groups excluding carboxylic acids is 1. The normalized spacial score (nSPS) is 25.6. The summed E-state index contributed by atoms with van der Waals surface area (Å²) in [5, 5.41) is 3.21. The van der Waals surface area contributed by atoms with Gasteiger partial charge in [-0.25, -0.2) is 0 Å². The van der Waals surface area contributed by atoms with Gasteiger partial charge in [0.25, 0.3) is 0 Å². The lowest BCUT2D eigenvalue weighted by molar-refractivity contribution is -0.122. The highest BCUT2D eigenvalue weighted by atomic mass is 16.1. The van der Waals surface area contributed by atoms with Gasteiger partial charge in [-0.15, -0.1) is 0 Å². The first-order valence-electron chi connectivity index (χ1n) is 8.53. The van der Waals surface area contributed by atoms with Crippen LogP contribution in [0, 0.1) is 0 Å². The minimum absolute atomic E-state index is 0.244. The van der Waals surface area contributed by atoms with E-state index >= 15 is 0 Å². The minimum atomic E-state index is 0.244. The van der Waals surface area contributed by atoms with Crippen molar-refractivity contribution in [2.75, 3.05) is 19.6 Å². The third-order valence-corrected chi connectivity index (χ3v) is 4.85. The first-order chi connectivity index (χ1) is 9.79. The van der Waals surface area contributed by atoms with Crippen LogP contribution < -0.4 is 11.1 Å². The zero-order chi connectivity index (χ0) is 14.2. The predicted molar refractivity (Wildman–Crippen MR) is 82.5 cm³/mol. The molecule has 0 bridgehead atoms. The summed E-state index contributed by atoms with van der Waals surface area (Å²) < 4.78 is 0. The number of nitrogens with one attached hydrogen (secondary N) is 1. The molecule has 0 aromatic carbocycles. The molecule has 1 heterocycles. The van der Waals surface area contributed by atoms with E-state index in [9.17, 15) is 4.79 Å². The molecule has 2 rings (SSSR count). The Morgan fingerprint density at radius 1 is 1.10 bits per heavy atom. The summed E-state index contributed by atoms with van der Waals surface area (Å²) in [6.07, 6.45) is 11.8. The standard InChI is InChI=1S/C16H31N3O/c17-11-9-15-8-4-5-12-19(15)13-10-16(20)18-14-6-2-1-3-7-14/h14-15H,1-13,17H2,(H,18,20). The number of rotatable bonds is 6. The Bertz CT molecular complexity index is 287. The molecule has 1 aliphatic heterocycles. The van der Waals surface area contributed by atoms with Crippen LogP contribution in [0.3, 0.4) is 0 Å². The second-order valence-electron chi connectivity index (χ2n) is 6.42. The van der Waals surface area contributed by atoms with Crippen molar-refractivity contribution in [3.05, 3.63) is 0 Å². The van der Waals surface area contributed by atoms with Gasteiger partial charge in [-0.3, -0.25) is 9.69 Å². The number of nitrogens with two attached hydrogens (primary N) is 1. The number of hydrogen-bond donors (Lipinski definition) is 2. The van der Waals surface area contributed by atoms with Crippen LogP contribution in [0.15, 0.2) is 0 Å². The predicted octanol–water partition coefficient (Wildman–Crippen LogP) is 2.03. The smallest absolute Gasteiger partial charge is 0.221 e. The van der Waals surface area contributed by atoms with Gasteiger partial charge in [-0.05, 0) is 45.2 Å². The molecule has 4 heteroatoms. The van der Waals surface area contributed by atoms with Crippen molar-refractivity contribution in [2.24, 2.45) is 5.73 Å². The van der Waals surface area contributed by atoms with E-state index < -0.39 is 0 Å². The molecule has 2 aliphatic rings. The highest BCUT2D eigenvalue weighted by Crippen LogP contribution is 2.20. The quantitative estimate of drug-likeness (QED) is 0.783. The fourth-order valence-electron chi connectivity index (χ4n) is 3.67. The fourth-order valence-corrected chi connectivity index (χ4v) is 3.67. The summed E-state index contributed by atoms with van der Waals surface area (Å²) in [6, 6.07) is 1.05. The molecule has 116 valence electrons. The maximum Gasteiger partial charge on any atom is 0.221 e. The molecular formula is C16H31N3O. The molecule has 1 aliphatic carbocycles. The first-order valence-corrected chi connectivity index (χ1v) is 8.53. The van der Waals surface area contributed by atoms with E-state index in [0.717, 1.165) is 26.1 Å². The number of carbonyl (C=O) groups is 1. The molecule has 0 spiro atoms. The van der Waals surface area contributed by atoms with Crippen molar-refractivity contribution >= 4 is 5.91 Å². The van der Waals surface area contributed by atoms with Crippen molar-refractivity contribution < 1.29 is 4.79 Å². The van der Waals surface area contributed by atoms with Crippen LogP contribution >= 0.6 is 0 Å². The number of hydrogen-bond acceptors (Lipinski definition) is 3. The molecule has 1 atom stereocenters. The summed E-state index contributed by atoms with van der Waals surface area (Å²) in [5.41, 5.74) is 5.70. The van der Waals surface area contributed by atoms with Crippen LogP contribution in [0.2, 0.25) is 0 Å².